The van der Waals surface area contributed by atoms with Gasteiger partial charge in [-0.3, -0.25) is 4.68 Å². The van der Waals surface area contributed by atoms with Gasteiger partial charge in [-0.2, -0.15) is 18.3 Å². The zero-order chi connectivity index (χ0) is 25.9. The molecule has 37 heavy (non-hydrogen) atoms. The lowest BCUT2D eigenvalue weighted by molar-refractivity contribution is -0.137. The first-order valence-electron chi connectivity index (χ1n) is 12.6. The molecular weight excluding hydrogens is 481 g/mol. The van der Waals surface area contributed by atoms with Gasteiger partial charge in [0.05, 0.1) is 41.4 Å². The molecule has 6 rings (SSSR count). The Labute approximate surface area is 212 Å². The van der Waals surface area contributed by atoms with E-state index in [4.69, 9.17) is 14.7 Å². The first-order valence-corrected chi connectivity index (χ1v) is 12.6. The molecule has 0 N–H and O–H groups in total. The van der Waals surface area contributed by atoms with Crippen LogP contribution in [0.4, 0.5) is 13.2 Å². The number of hydrogen-bond acceptors (Lipinski definition) is 6. The number of aromatic nitrogens is 6. The second-order valence-electron chi connectivity index (χ2n) is 10.2. The number of halogens is 3. The van der Waals surface area contributed by atoms with Crippen molar-refractivity contribution in [2.75, 3.05) is 0 Å². The fourth-order valence-corrected chi connectivity index (χ4v) is 4.96. The normalized spacial score (nSPS) is 22.5. The molecule has 10 heteroatoms. The van der Waals surface area contributed by atoms with Crippen LogP contribution in [0.25, 0.3) is 22.4 Å². The highest BCUT2D eigenvalue weighted by atomic mass is 19.4. The summed E-state index contributed by atoms with van der Waals surface area (Å²) in [4.78, 5) is 19.0. The fourth-order valence-electron chi connectivity index (χ4n) is 4.96. The highest BCUT2D eigenvalue weighted by Crippen LogP contribution is 2.41. The fraction of sp³-hybridized carbons (Fsp3) is 0.444. The quantitative estimate of drug-likeness (QED) is 0.323. The predicted octanol–water partition coefficient (Wildman–Crippen LogP) is 6.28. The van der Waals surface area contributed by atoms with E-state index in [1.54, 1.807) is 0 Å². The van der Waals surface area contributed by atoms with E-state index in [0.29, 0.717) is 40.7 Å². The van der Waals surface area contributed by atoms with Gasteiger partial charge in [0.15, 0.2) is 5.65 Å². The second-order valence-corrected chi connectivity index (χ2v) is 10.2. The Bertz CT molecular complexity index is 1460. The van der Waals surface area contributed by atoms with Crippen molar-refractivity contribution in [2.45, 2.75) is 76.8 Å². The van der Waals surface area contributed by atoms with Crippen molar-refractivity contribution in [3.8, 4) is 11.3 Å². The van der Waals surface area contributed by atoms with E-state index in [-0.39, 0.29) is 18.1 Å². The Kier molecular flexibility index (Phi) is 5.74. The first kappa shape index (κ1) is 24.0. The smallest absolute Gasteiger partial charge is 0.370 e. The molecule has 7 nitrogen and oxygen atoms in total. The molecule has 1 aliphatic heterocycles. The zero-order valence-electron chi connectivity index (χ0n) is 20.8. The summed E-state index contributed by atoms with van der Waals surface area (Å²) < 4.78 is 47.8. The van der Waals surface area contributed by atoms with Crippen LogP contribution in [0.3, 0.4) is 0 Å². The van der Waals surface area contributed by atoms with Crippen LogP contribution in [0.2, 0.25) is 0 Å². The molecule has 3 atom stereocenters. The van der Waals surface area contributed by atoms with Crippen molar-refractivity contribution in [1.29, 1.82) is 0 Å². The second kappa shape index (κ2) is 8.86. The van der Waals surface area contributed by atoms with Crippen molar-refractivity contribution < 1.29 is 17.9 Å². The molecule has 3 aromatic heterocycles. The average molecular weight is 509 g/mol. The standard InChI is InChI=1S/C27H27F3N6O/c1-14-10-18(11-22(37-14)19-12-31-36(13-19)21-8-9-21)25-34-23(17-4-6-20(7-5-17)27(28,29)30)24-26(35-25)33-16(3)15(2)32-24/h4-7,12-14,18,21-22H,8-11H2,1-3H3/t14-,18-,22+/m1/s1. The molecule has 0 unspecified atom stereocenters. The molecule has 4 heterocycles. The van der Waals surface area contributed by atoms with E-state index in [0.717, 1.165) is 48.3 Å². The number of hydrogen-bond donors (Lipinski definition) is 0. The molecule has 4 aromatic rings. The molecule has 2 fully saturated rings. The number of ether oxygens (including phenoxy) is 1. The van der Waals surface area contributed by atoms with Crippen LogP contribution < -0.4 is 0 Å². The average Bonchev–Trinajstić information content (AvgIpc) is 3.59. The maximum atomic E-state index is 13.2. The third kappa shape index (κ3) is 4.70. The number of aryl methyl sites for hydroxylation is 2. The van der Waals surface area contributed by atoms with Crippen LogP contribution in [-0.2, 0) is 10.9 Å². The third-order valence-corrected chi connectivity index (χ3v) is 7.24. The van der Waals surface area contributed by atoms with Gasteiger partial charge >= 0.3 is 6.18 Å². The van der Waals surface area contributed by atoms with Crippen molar-refractivity contribution in [2.24, 2.45) is 0 Å². The number of benzene rings is 1. The van der Waals surface area contributed by atoms with Crippen molar-refractivity contribution in [3.05, 3.63) is 65.0 Å². The van der Waals surface area contributed by atoms with Gasteiger partial charge in [0.2, 0.25) is 0 Å². The molecule has 0 radical (unpaired) electrons. The van der Waals surface area contributed by atoms with Crippen molar-refractivity contribution in [3.63, 3.8) is 0 Å². The Balaban J connectivity index is 1.40. The van der Waals surface area contributed by atoms with Crippen LogP contribution in [0, 0.1) is 13.8 Å². The lowest BCUT2D eigenvalue weighted by Gasteiger charge is -2.33. The van der Waals surface area contributed by atoms with Crippen LogP contribution >= 0.6 is 0 Å². The minimum absolute atomic E-state index is 0.0148. The van der Waals surface area contributed by atoms with Crippen LogP contribution in [0.15, 0.2) is 36.7 Å². The summed E-state index contributed by atoms with van der Waals surface area (Å²) >= 11 is 0. The zero-order valence-corrected chi connectivity index (χ0v) is 20.8. The maximum absolute atomic E-state index is 13.2. The van der Waals surface area contributed by atoms with Gasteiger partial charge in [0.1, 0.15) is 17.0 Å². The summed E-state index contributed by atoms with van der Waals surface area (Å²) in [7, 11) is 0. The largest absolute Gasteiger partial charge is 0.416 e. The van der Waals surface area contributed by atoms with Crippen LogP contribution in [-0.4, -0.2) is 35.8 Å². The van der Waals surface area contributed by atoms with Gasteiger partial charge in [0, 0.05) is 23.2 Å². The minimum Gasteiger partial charge on any atom is -0.370 e. The van der Waals surface area contributed by atoms with Crippen LogP contribution in [0.5, 0.6) is 0 Å². The Morgan fingerprint density at radius 3 is 2.38 bits per heavy atom. The monoisotopic (exact) mass is 508 g/mol. The summed E-state index contributed by atoms with van der Waals surface area (Å²) in [6, 6.07) is 5.51. The summed E-state index contributed by atoms with van der Waals surface area (Å²) in [6.45, 7) is 5.75. The molecule has 1 aromatic carbocycles. The number of fused-ring (bicyclic) bond motifs is 1. The van der Waals surface area contributed by atoms with Gasteiger partial charge in [-0.1, -0.05) is 12.1 Å². The first-order chi connectivity index (χ1) is 17.7. The SMILES string of the molecule is Cc1nc2nc([C@@H]3C[C@@H](C)O[C@H](c4cnn(C5CC5)c4)C3)nc(-c3ccc(C(F)(F)F)cc3)c2nc1C. The Morgan fingerprint density at radius 2 is 1.68 bits per heavy atom. The maximum Gasteiger partial charge on any atom is 0.416 e. The summed E-state index contributed by atoms with van der Waals surface area (Å²) in [5, 5.41) is 4.52. The summed E-state index contributed by atoms with van der Waals surface area (Å²) in [5.41, 5.74) is 3.77. The molecule has 0 bridgehead atoms. The topological polar surface area (TPSA) is 78.6 Å². The summed E-state index contributed by atoms with van der Waals surface area (Å²) in [6.07, 6.45) is 3.10. The molecule has 192 valence electrons. The molecule has 0 amide bonds. The van der Waals surface area contributed by atoms with E-state index >= 15 is 0 Å². The van der Waals surface area contributed by atoms with Gasteiger partial charge in [-0.15, -0.1) is 0 Å². The van der Waals surface area contributed by atoms with Gasteiger partial charge in [-0.05, 0) is 58.6 Å². The number of rotatable bonds is 4. The molecule has 1 saturated carbocycles. The molecule has 2 aliphatic rings. The molecular formula is C27H27F3N6O. The Hall–Kier alpha value is -3.40. The van der Waals surface area contributed by atoms with Crippen molar-refractivity contribution in [1.82, 2.24) is 29.7 Å². The number of nitrogens with zero attached hydrogens (tertiary/aromatic N) is 6. The van der Waals surface area contributed by atoms with Gasteiger partial charge < -0.3 is 4.74 Å². The lowest BCUT2D eigenvalue weighted by atomic mass is 9.89. The van der Waals surface area contributed by atoms with Crippen LogP contribution in [0.1, 0.15) is 79.0 Å². The predicted molar refractivity (Wildman–Crippen MR) is 131 cm³/mol. The molecule has 0 spiro atoms. The van der Waals surface area contributed by atoms with E-state index < -0.39 is 11.7 Å². The van der Waals surface area contributed by atoms with E-state index in [9.17, 15) is 13.2 Å². The van der Waals surface area contributed by atoms with E-state index in [1.807, 2.05) is 31.6 Å². The molecule has 1 aliphatic carbocycles. The highest BCUT2D eigenvalue weighted by molar-refractivity contribution is 5.87. The van der Waals surface area contributed by atoms with Gasteiger partial charge in [-0.25, -0.2) is 19.9 Å². The third-order valence-electron chi connectivity index (χ3n) is 7.24. The van der Waals surface area contributed by atoms with Crippen molar-refractivity contribution >= 4 is 11.2 Å². The summed E-state index contributed by atoms with van der Waals surface area (Å²) in [5.74, 6) is 0.591. The lowest BCUT2D eigenvalue weighted by Crippen LogP contribution is -2.26. The highest BCUT2D eigenvalue weighted by Gasteiger charge is 2.34. The molecule has 1 saturated heterocycles. The number of alkyl halides is 3. The van der Waals surface area contributed by atoms with E-state index in [2.05, 4.69) is 21.3 Å². The Morgan fingerprint density at radius 1 is 0.946 bits per heavy atom. The van der Waals surface area contributed by atoms with Gasteiger partial charge in [0.25, 0.3) is 0 Å². The van der Waals surface area contributed by atoms with E-state index in [1.165, 1.54) is 12.1 Å². The minimum atomic E-state index is -4.41.